The fourth-order valence-electron chi connectivity index (χ4n) is 11.9. The van der Waals surface area contributed by atoms with Crippen LogP contribution in [-0.4, -0.2) is 0 Å². The van der Waals surface area contributed by atoms with Gasteiger partial charge in [-0.05, 0) is 187 Å². The molecule has 0 bridgehead atoms. The Morgan fingerprint density at radius 2 is 0.701 bits per heavy atom. The highest BCUT2D eigenvalue weighted by Crippen LogP contribution is 2.66. The van der Waals surface area contributed by atoms with Crippen molar-refractivity contribution in [1.29, 1.82) is 0 Å². The molecule has 2 nitrogen and oxygen atoms in total. The van der Waals surface area contributed by atoms with E-state index in [2.05, 4.69) is 258 Å². The maximum Gasteiger partial charge on any atom is 0.0737 e. The molecular formula is C65H54N2. The van der Waals surface area contributed by atoms with Crippen LogP contribution in [0.15, 0.2) is 206 Å². The van der Waals surface area contributed by atoms with Crippen LogP contribution in [0.25, 0.3) is 43.8 Å². The number of benzene rings is 10. The van der Waals surface area contributed by atoms with Gasteiger partial charge in [-0.1, -0.05) is 161 Å². The van der Waals surface area contributed by atoms with Gasteiger partial charge in [0.25, 0.3) is 0 Å². The SMILES string of the molecule is Cc1ccccc1N(c1ccccc1)c1ccc2c3c(cc(C(C)C)c2c1)-c1cc(C(C)C)c2cc(N(c4ccccc4)c4ccccc4C)ccc2c1C31c2ccccc2-c2ccccc21. The van der Waals surface area contributed by atoms with E-state index < -0.39 is 5.41 Å². The first kappa shape index (κ1) is 40.8. The highest BCUT2D eigenvalue weighted by Gasteiger charge is 2.53. The summed E-state index contributed by atoms with van der Waals surface area (Å²) in [6.07, 6.45) is 0. The van der Waals surface area contributed by atoms with E-state index in [4.69, 9.17) is 0 Å². The van der Waals surface area contributed by atoms with Gasteiger partial charge < -0.3 is 9.80 Å². The van der Waals surface area contributed by atoms with E-state index in [1.165, 1.54) is 99.7 Å². The first-order valence-corrected chi connectivity index (χ1v) is 24.0. The van der Waals surface area contributed by atoms with E-state index >= 15 is 0 Å². The Morgan fingerprint density at radius 1 is 0.328 bits per heavy atom. The van der Waals surface area contributed by atoms with Crippen LogP contribution in [-0.2, 0) is 5.41 Å². The first-order valence-electron chi connectivity index (χ1n) is 24.0. The van der Waals surface area contributed by atoms with Crippen molar-refractivity contribution >= 4 is 55.7 Å². The van der Waals surface area contributed by atoms with Gasteiger partial charge in [-0.2, -0.15) is 0 Å². The van der Waals surface area contributed by atoms with Gasteiger partial charge in [0.15, 0.2) is 0 Å². The Hall–Kier alpha value is -7.68. The number of fused-ring (bicyclic) bond motifs is 14. The van der Waals surface area contributed by atoms with E-state index in [1.54, 1.807) is 0 Å². The molecule has 0 saturated heterocycles. The molecule has 2 heteroatoms. The molecule has 10 aromatic rings. The summed E-state index contributed by atoms with van der Waals surface area (Å²) in [5, 5.41) is 5.25. The summed E-state index contributed by atoms with van der Waals surface area (Å²) in [7, 11) is 0. The topological polar surface area (TPSA) is 6.48 Å². The Morgan fingerprint density at radius 3 is 1.10 bits per heavy atom. The fraction of sp³-hybridized carbons (Fsp3) is 0.138. The molecule has 0 N–H and O–H groups in total. The smallest absolute Gasteiger partial charge is 0.0737 e. The van der Waals surface area contributed by atoms with E-state index in [-0.39, 0.29) is 11.8 Å². The monoisotopic (exact) mass is 862 g/mol. The van der Waals surface area contributed by atoms with Crippen LogP contribution >= 0.6 is 0 Å². The molecule has 0 aliphatic heterocycles. The van der Waals surface area contributed by atoms with Crippen LogP contribution < -0.4 is 9.80 Å². The van der Waals surface area contributed by atoms with Crippen molar-refractivity contribution in [2.24, 2.45) is 0 Å². The molecule has 324 valence electrons. The van der Waals surface area contributed by atoms with Crippen LogP contribution in [0, 0.1) is 13.8 Å². The van der Waals surface area contributed by atoms with Gasteiger partial charge in [0, 0.05) is 34.1 Å². The van der Waals surface area contributed by atoms with Crippen molar-refractivity contribution in [3.05, 3.63) is 251 Å². The van der Waals surface area contributed by atoms with Crippen LogP contribution in [0.2, 0.25) is 0 Å². The largest absolute Gasteiger partial charge is 0.310 e. The van der Waals surface area contributed by atoms with E-state index in [1.807, 2.05) is 0 Å². The number of aryl methyl sites for hydroxylation is 2. The molecular weight excluding hydrogens is 809 g/mol. The van der Waals surface area contributed by atoms with Crippen molar-refractivity contribution in [1.82, 2.24) is 0 Å². The molecule has 0 amide bonds. The summed E-state index contributed by atoms with van der Waals surface area (Å²) in [5.74, 6) is 0.570. The third kappa shape index (κ3) is 6.09. The molecule has 10 aromatic carbocycles. The predicted octanol–water partition coefficient (Wildman–Crippen LogP) is 18.1. The van der Waals surface area contributed by atoms with Gasteiger partial charge in [0.05, 0.1) is 5.41 Å². The number of anilines is 6. The van der Waals surface area contributed by atoms with Gasteiger partial charge in [-0.15, -0.1) is 0 Å². The predicted molar refractivity (Wildman–Crippen MR) is 285 cm³/mol. The minimum atomic E-state index is -0.563. The Kier molecular flexibility index (Phi) is 9.59. The molecule has 0 radical (unpaired) electrons. The number of para-hydroxylation sites is 4. The Bertz CT molecular complexity index is 3320. The lowest BCUT2D eigenvalue weighted by molar-refractivity contribution is 0.806. The summed E-state index contributed by atoms with van der Waals surface area (Å²) < 4.78 is 0. The molecule has 67 heavy (non-hydrogen) atoms. The molecule has 0 heterocycles. The maximum absolute atomic E-state index is 2.59. The molecule has 0 aromatic heterocycles. The minimum absolute atomic E-state index is 0.285. The zero-order chi connectivity index (χ0) is 45.6. The van der Waals surface area contributed by atoms with Gasteiger partial charge >= 0.3 is 0 Å². The number of rotatable bonds is 8. The molecule has 0 atom stereocenters. The lowest BCUT2D eigenvalue weighted by Crippen LogP contribution is -2.27. The second-order valence-electron chi connectivity index (χ2n) is 19.3. The van der Waals surface area contributed by atoms with Crippen LogP contribution in [0.4, 0.5) is 34.1 Å². The number of nitrogens with zero attached hydrogens (tertiary/aromatic N) is 2. The zero-order valence-electron chi connectivity index (χ0n) is 39.2. The lowest BCUT2D eigenvalue weighted by Gasteiger charge is -2.34. The molecule has 0 unspecified atom stereocenters. The van der Waals surface area contributed by atoms with E-state index in [0.717, 1.165) is 22.7 Å². The quantitative estimate of drug-likeness (QED) is 0.150. The molecule has 1 spiro atoms. The lowest BCUT2D eigenvalue weighted by atomic mass is 9.67. The van der Waals surface area contributed by atoms with Crippen molar-refractivity contribution < 1.29 is 0 Å². The summed E-state index contributed by atoms with van der Waals surface area (Å²) in [5.41, 5.74) is 22.5. The van der Waals surface area contributed by atoms with Gasteiger partial charge in [0.1, 0.15) is 0 Å². The minimum Gasteiger partial charge on any atom is -0.310 e. The standard InChI is InChI=1S/C65H54N2/c1-41(2)53-39-57-58-40-54(42(3)4)56-38-48(67(46-25-11-8-12-26-46)62-32-20-14-22-44(62)6)34-36-52(56)64(58)65(59-29-17-15-27-49(59)50-28-16-18-30-60(50)65)63(57)51-35-33-47(37-55(51)53)66(45-23-9-7-10-24-45)61-31-19-13-21-43(61)5/h7-42H,1-6H3. The summed E-state index contributed by atoms with van der Waals surface area (Å²) in [6, 6.07) is 77.5. The van der Waals surface area contributed by atoms with E-state index in [0.29, 0.717) is 0 Å². The number of hydrogen-bond acceptors (Lipinski definition) is 2. The van der Waals surface area contributed by atoms with Gasteiger partial charge in [-0.25, -0.2) is 0 Å². The third-order valence-corrected chi connectivity index (χ3v) is 14.8. The molecule has 0 fully saturated rings. The van der Waals surface area contributed by atoms with Crippen LogP contribution in [0.3, 0.4) is 0 Å². The average molecular weight is 863 g/mol. The molecule has 0 saturated carbocycles. The van der Waals surface area contributed by atoms with Gasteiger partial charge in [0.2, 0.25) is 0 Å². The Balaban J connectivity index is 1.19. The van der Waals surface area contributed by atoms with Crippen molar-refractivity contribution in [3.63, 3.8) is 0 Å². The molecule has 2 aliphatic rings. The average Bonchev–Trinajstić information content (AvgIpc) is 3.82. The summed E-state index contributed by atoms with van der Waals surface area (Å²) in [6.45, 7) is 13.9. The second kappa shape index (κ2) is 15.7. The third-order valence-electron chi connectivity index (χ3n) is 14.8. The molecule has 12 rings (SSSR count). The van der Waals surface area contributed by atoms with Crippen LogP contribution in [0.5, 0.6) is 0 Å². The normalized spacial score (nSPS) is 13.0. The fourth-order valence-corrected chi connectivity index (χ4v) is 11.9. The second-order valence-corrected chi connectivity index (χ2v) is 19.3. The number of hydrogen-bond donors (Lipinski definition) is 0. The summed E-state index contributed by atoms with van der Waals surface area (Å²) in [4.78, 5) is 4.87. The maximum atomic E-state index is 2.59. The zero-order valence-corrected chi connectivity index (χ0v) is 39.2. The first-order chi connectivity index (χ1) is 32.8. The summed E-state index contributed by atoms with van der Waals surface area (Å²) >= 11 is 0. The van der Waals surface area contributed by atoms with Crippen molar-refractivity contribution in [2.45, 2.75) is 58.8 Å². The highest BCUT2D eigenvalue weighted by atomic mass is 15.1. The van der Waals surface area contributed by atoms with Crippen molar-refractivity contribution in [3.8, 4) is 22.3 Å². The Labute approximate surface area is 395 Å². The van der Waals surface area contributed by atoms with Crippen molar-refractivity contribution in [2.75, 3.05) is 9.80 Å². The highest BCUT2D eigenvalue weighted by molar-refractivity contribution is 6.11. The van der Waals surface area contributed by atoms with Gasteiger partial charge in [-0.3, -0.25) is 0 Å². The molecule has 2 aliphatic carbocycles. The van der Waals surface area contributed by atoms with Crippen LogP contribution in [0.1, 0.15) is 84.0 Å². The van der Waals surface area contributed by atoms with E-state index in [9.17, 15) is 0 Å².